The molecule has 1 spiro atoms. The van der Waals surface area contributed by atoms with Gasteiger partial charge in [-0.15, -0.1) is 0 Å². The molecule has 38 heavy (non-hydrogen) atoms. The lowest BCUT2D eigenvalue weighted by molar-refractivity contribution is -0.128. The molecule has 1 fully saturated rings. The lowest BCUT2D eigenvalue weighted by atomic mass is 9.63. The van der Waals surface area contributed by atoms with Crippen molar-refractivity contribution in [3.05, 3.63) is 95.6 Å². The van der Waals surface area contributed by atoms with E-state index in [4.69, 9.17) is 4.74 Å². The van der Waals surface area contributed by atoms with Gasteiger partial charge in [0.15, 0.2) is 11.6 Å². The van der Waals surface area contributed by atoms with Crippen LogP contribution in [0.4, 0.5) is 11.4 Å². The van der Waals surface area contributed by atoms with Crippen LogP contribution >= 0.6 is 0 Å². The number of fused-ring (bicyclic) bond motifs is 6. The topological polar surface area (TPSA) is 75.7 Å². The fourth-order valence-corrected chi connectivity index (χ4v) is 6.50. The summed E-state index contributed by atoms with van der Waals surface area (Å²) in [6.45, 7) is 5.62. The predicted molar refractivity (Wildman–Crippen MR) is 148 cm³/mol. The van der Waals surface area contributed by atoms with Crippen LogP contribution in [0, 0.1) is 11.3 Å². The maximum Gasteiger partial charge on any atom is 0.238 e. The van der Waals surface area contributed by atoms with Crippen molar-refractivity contribution in [1.29, 1.82) is 0 Å². The minimum absolute atomic E-state index is 0.0754. The van der Waals surface area contributed by atoms with E-state index < -0.39 is 28.8 Å². The number of anilines is 2. The molecule has 0 saturated carbocycles. The van der Waals surface area contributed by atoms with E-state index in [9.17, 15) is 14.4 Å². The summed E-state index contributed by atoms with van der Waals surface area (Å²) in [5, 5.41) is 3.06. The predicted octanol–water partition coefficient (Wildman–Crippen LogP) is 5.28. The van der Waals surface area contributed by atoms with Gasteiger partial charge in [0, 0.05) is 22.4 Å². The van der Waals surface area contributed by atoms with Crippen LogP contribution in [0.25, 0.3) is 6.08 Å². The molecule has 0 radical (unpaired) electrons. The highest BCUT2D eigenvalue weighted by Crippen LogP contribution is 2.58. The fraction of sp³-hybridized carbons (Fsp3) is 0.281. The van der Waals surface area contributed by atoms with E-state index in [1.54, 1.807) is 31.4 Å². The van der Waals surface area contributed by atoms with Crippen LogP contribution in [0.2, 0.25) is 0 Å². The number of ketones is 2. The van der Waals surface area contributed by atoms with Gasteiger partial charge in [-0.2, -0.15) is 0 Å². The summed E-state index contributed by atoms with van der Waals surface area (Å²) in [6, 6.07) is 20.9. The molecule has 3 aliphatic heterocycles. The van der Waals surface area contributed by atoms with Crippen molar-refractivity contribution in [3.8, 4) is 5.75 Å². The number of nitrogens with one attached hydrogen (secondary N) is 1. The first-order valence-corrected chi connectivity index (χ1v) is 12.9. The van der Waals surface area contributed by atoms with Crippen LogP contribution < -0.4 is 15.0 Å². The lowest BCUT2D eigenvalue weighted by Gasteiger charge is -2.38. The number of ether oxygens (including phenoxy) is 1. The van der Waals surface area contributed by atoms with Crippen LogP contribution in [-0.2, 0) is 15.0 Å². The summed E-state index contributed by atoms with van der Waals surface area (Å²) >= 11 is 0. The second-order valence-corrected chi connectivity index (χ2v) is 11.3. The SMILES string of the molecule is COc1ccc(C(=O)[C@@H]2[C@H](C(=O)C(C)(C)C)N3c4ccccc4C=C[C@H]3[C@@]23C(=O)Nc2ccccc23)cc1. The van der Waals surface area contributed by atoms with Gasteiger partial charge in [-0.25, -0.2) is 0 Å². The quantitative estimate of drug-likeness (QED) is 0.487. The number of rotatable bonds is 4. The first-order chi connectivity index (χ1) is 18.2. The lowest BCUT2D eigenvalue weighted by Crippen LogP contribution is -2.51. The highest BCUT2D eigenvalue weighted by molar-refractivity contribution is 6.17. The third-order valence-electron chi connectivity index (χ3n) is 8.21. The zero-order valence-corrected chi connectivity index (χ0v) is 21.9. The molecule has 0 aromatic heterocycles. The van der Waals surface area contributed by atoms with Crippen molar-refractivity contribution in [2.45, 2.75) is 38.3 Å². The third-order valence-corrected chi connectivity index (χ3v) is 8.21. The number of benzene rings is 3. The highest BCUT2D eigenvalue weighted by atomic mass is 16.5. The van der Waals surface area contributed by atoms with Crippen molar-refractivity contribution in [1.82, 2.24) is 0 Å². The Labute approximate surface area is 222 Å². The van der Waals surface area contributed by atoms with Crippen molar-refractivity contribution >= 4 is 34.9 Å². The Morgan fingerprint density at radius 1 is 0.947 bits per heavy atom. The zero-order valence-electron chi connectivity index (χ0n) is 21.9. The normalized spacial score (nSPS) is 25.0. The van der Waals surface area contributed by atoms with Crippen LogP contribution in [0.5, 0.6) is 5.75 Å². The average Bonchev–Trinajstić information content (AvgIpc) is 3.40. The Bertz CT molecular complexity index is 1500. The largest absolute Gasteiger partial charge is 0.497 e. The Balaban J connectivity index is 1.66. The molecule has 192 valence electrons. The second kappa shape index (κ2) is 8.42. The molecule has 4 atom stereocenters. The average molecular weight is 507 g/mol. The third kappa shape index (κ3) is 3.22. The molecular weight excluding hydrogens is 476 g/mol. The van der Waals surface area contributed by atoms with E-state index in [1.165, 1.54) is 0 Å². The molecule has 0 aliphatic carbocycles. The summed E-state index contributed by atoms with van der Waals surface area (Å²) in [4.78, 5) is 45.3. The number of amides is 1. The molecule has 1 amide bonds. The van der Waals surface area contributed by atoms with Gasteiger partial charge in [0.05, 0.1) is 19.1 Å². The van der Waals surface area contributed by atoms with Gasteiger partial charge in [-0.05, 0) is 47.5 Å². The minimum atomic E-state index is -1.29. The van der Waals surface area contributed by atoms with E-state index in [-0.39, 0.29) is 17.5 Å². The molecule has 0 unspecified atom stereocenters. The summed E-state index contributed by atoms with van der Waals surface area (Å²) in [6.07, 6.45) is 4.00. The monoisotopic (exact) mass is 506 g/mol. The first kappa shape index (κ1) is 24.2. The summed E-state index contributed by atoms with van der Waals surface area (Å²) in [5.41, 5.74) is 1.64. The van der Waals surface area contributed by atoms with Gasteiger partial charge >= 0.3 is 0 Å². The van der Waals surface area contributed by atoms with E-state index >= 15 is 0 Å². The Hall–Kier alpha value is -4.19. The standard InChI is InChI=1S/C32H30N2O4/c1-31(2,3)29(36)27-26(28(35)20-13-16-21(38-4)17-14-20)32(22-10-6-7-11-23(22)33-30(32)37)25-18-15-19-9-5-8-12-24(19)34(25)27/h5-18,25-27H,1-4H3,(H,33,37)/t25-,26-,27+,32+/m0/s1. The smallest absolute Gasteiger partial charge is 0.238 e. The van der Waals surface area contributed by atoms with Crippen molar-refractivity contribution in [2.75, 3.05) is 17.3 Å². The molecule has 0 bridgehead atoms. The maximum absolute atomic E-state index is 14.6. The minimum Gasteiger partial charge on any atom is -0.497 e. The van der Waals surface area contributed by atoms with E-state index in [0.29, 0.717) is 17.0 Å². The molecule has 6 rings (SSSR count). The van der Waals surface area contributed by atoms with Gasteiger partial charge in [-0.3, -0.25) is 14.4 Å². The number of hydrogen-bond donors (Lipinski definition) is 1. The van der Waals surface area contributed by atoms with Crippen molar-refractivity contribution in [3.63, 3.8) is 0 Å². The van der Waals surface area contributed by atoms with Crippen LogP contribution in [0.1, 0.15) is 42.3 Å². The number of para-hydroxylation sites is 2. The molecule has 1 saturated heterocycles. The molecule has 3 aromatic rings. The molecule has 6 heteroatoms. The van der Waals surface area contributed by atoms with E-state index in [2.05, 4.69) is 5.32 Å². The number of methoxy groups -OCH3 is 1. The molecule has 3 aliphatic rings. The van der Waals surface area contributed by atoms with Crippen molar-refractivity contribution in [2.24, 2.45) is 11.3 Å². The van der Waals surface area contributed by atoms with E-state index in [0.717, 1.165) is 16.8 Å². The molecule has 6 nitrogen and oxygen atoms in total. The number of carbonyl (C=O) groups excluding carboxylic acids is 3. The molecule has 3 aromatic carbocycles. The summed E-state index contributed by atoms with van der Waals surface area (Å²) in [7, 11) is 1.57. The molecule has 1 N–H and O–H groups in total. The zero-order chi connectivity index (χ0) is 26.8. The summed E-state index contributed by atoms with van der Waals surface area (Å²) < 4.78 is 5.30. The van der Waals surface area contributed by atoms with Crippen LogP contribution in [0.3, 0.4) is 0 Å². The number of Topliss-reactive ketones (excluding diaryl/α,β-unsaturated/α-hetero) is 2. The van der Waals surface area contributed by atoms with Crippen molar-refractivity contribution < 1.29 is 19.1 Å². The fourth-order valence-electron chi connectivity index (χ4n) is 6.50. The number of nitrogens with zero attached hydrogens (tertiary/aromatic N) is 1. The van der Waals surface area contributed by atoms with E-state index in [1.807, 2.05) is 86.4 Å². The summed E-state index contributed by atoms with van der Waals surface area (Å²) in [5.74, 6) is -0.889. The Morgan fingerprint density at radius 2 is 1.63 bits per heavy atom. The van der Waals surface area contributed by atoms with Gasteiger partial charge in [0.1, 0.15) is 17.2 Å². The second-order valence-electron chi connectivity index (χ2n) is 11.3. The van der Waals surface area contributed by atoms with Gasteiger partial charge < -0.3 is 15.0 Å². The van der Waals surface area contributed by atoms with Gasteiger partial charge in [0.2, 0.25) is 5.91 Å². The molecular formula is C32H30N2O4. The number of carbonyl (C=O) groups is 3. The maximum atomic E-state index is 14.6. The highest BCUT2D eigenvalue weighted by Gasteiger charge is 2.70. The van der Waals surface area contributed by atoms with Gasteiger partial charge in [0.25, 0.3) is 0 Å². The Morgan fingerprint density at radius 3 is 2.34 bits per heavy atom. The van der Waals surface area contributed by atoms with Crippen LogP contribution in [0.15, 0.2) is 78.9 Å². The molecule has 3 heterocycles. The Kier molecular flexibility index (Phi) is 5.35. The number of hydrogen-bond acceptors (Lipinski definition) is 5. The van der Waals surface area contributed by atoms with Crippen LogP contribution in [-0.4, -0.2) is 36.7 Å². The van der Waals surface area contributed by atoms with Gasteiger partial charge in [-0.1, -0.05) is 69.3 Å². The first-order valence-electron chi connectivity index (χ1n) is 12.9.